The first-order valence-electron chi connectivity index (χ1n) is 13.4. The van der Waals surface area contributed by atoms with Crippen molar-refractivity contribution < 1.29 is 43.5 Å². The molecular weight excluding hydrogens is 492 g/mol. The van der Waals surface area contributed by atoms with Gasteiger partial charge >= 0.3 is 11.9 Å². The maximum Gasteiger partial charge on any atom is 0.331 e. The standard InChI is InChI=1S/C29H38O9/c1-17-9-11-28-15-35-23(32)14-18(2)10-12-34-20(19(3)30)7-5-6-8-22(31)38-25-24(33)26(37-21(28)13-17)29(16-36-29)27(25,28)4/h5-8,13-14,19-21,24-26,30,33H,9-12,15-16H2,1-4H3/b7-5+,8-6-,18-14+/t19-,20-,21-,24-,25-,26-,27-,28-,29+/m1/s1. The Morgan fingerprint density at radius 1 is 1.05 bits per heavy atom. The molecule has 0 unspecified atom stereocenters. The maximum atomic E-state index is 13.0. The first-order chi connectivity index (χ1) is 18.0. The Morgan fingerprint density at radius 3 is 2.53 bits per heavy atom. The molecule has 5 aliphatic rings. The minimum Gasteiger partial charge on any atom is -0.462 e. The molecule has 2 spiro atoms. The van der Waals surface area contributed by atoms with E-state index in [-0.39, 0.29) is 6.61 Å². The van der Waals surface area contributed by atoms with Crippen molar-refractivity contribution in [2.45, 2.75) is 89.2 Å². The second-order valence-electron chi connectivity index (χ2n) is 11.5. The summed E-state index contributed by atoms with van der Waals surface area (Å²) >= 11 is 0. The van der Waals surface area contributed by atoms with Crippen molar-refractivity contribution in [3.05, 3.63) is 47.6 Å². The molecule has 2 N–H and O–H groups in total. The number of esters is 2. The predicted octanol–water partition coefficient (Wildman–Crippen LogP) is 2.31. The fourth-order valence-corrected chi connectivity index (χ4v) is 6.89. The van der Waals surface area contributed by atoms with Gasteiger partial charge in [-0.15, -0.1) is 0 Å². The van der Waals surface area contributed by atoms with Gasteiger partial charge in [-0.05, 0) is 40.0 Å². The molecule has 0 radical (unpaired) electrons. The Bertz CT molecular complexity index is 1080. The summed E-state index contributed by atoms with van der Waals surface area (Å²) < 4.78 is 30.1. The molecule has 3 heterocycles. The van der Waals surface area contributed by atoms with Crippen LogP contribution in [-0.2, 0) is 33.3 Å². The molecule has 9 heteroatoms. The van der Waals surface area contributed by atoms with E-state index < -0.39 is 65.0 Å². The average Bonchev–Trinajstić information content (AvgIpc) is 3.64. The summed E-state index contributed by atoms with van der Waals surface area (Å²) in [6.45, 7) is 8.14. The third-order valence-electron chi connectivity index (χ3n) is 9.26. The number of aliphatic hydroxyl groups excluding tert-OH is 2. The van der Waals surface area contributed by atoms with Crippen LogP contribution in [0.5, 0.6) is 0 Å². The van der Waals surface area contributed by atoms with Crippen molar-refractivity contribution in [2.24, 2.45) is 10.8 Å². The number of cyclic esters (lactones) is 1. The summed E-state index contributed by atoms with van der Waals surface area (Å²) in [5, 5.41) is 21.5. The minimum absolute atomic E-state index is 0.0261. The lowest BCUT2D eigenvalue weighted by atomic mass is 9.51. The molecule has 5 rings (SSSR count). The van der Waals surface area contributed by atoms with Gasteiger partial charge < -0.3 is 33.9 Å². The highest BCUT2D eigenvalue weighted by Crippen LogP contribution is 2.72. The number of aliphatic hydroxyl groups is 2. The Balaban J connectivity index is 1.54. The van der Waals surface area contributed by atoms with Gasteiger partial charge in [-0.1, -0.05) is 42.4 Å². The number of hydrogen-bond acceptors (Lipinski definition) is 9. The number of epoxide rings is 1. The lowest BCUT2D eigenvalue weighted by molar-refractivity contribution is -0.232. The smallest absolute Gasteiger partial charge is 0.331 e. The maximum absolute atomic E-state index is 13.0. The van der Waals surface area contributed by atoms with Crippen molar-refractivity contribution >= 4 is 11.9 Å². The van der Waals surface area contributed by atoms with Crippen molar-refractivity contribution in [1.82, 2.24) is 0 Å². The van der Waals surface area contributed by atoms with Crippen LogP contribution in [0.2, 0.25) is 0 Å². The largest absolute Gasteiger partial charge is 0.462 e. The summed E-state index contributed by atoms with van der Waals surface area (Å²) in [5.74, 6) is -1.11. The number of ether oxygens (including phenoxy) is 5. The Kier molecular flexibility index (Phi) is 7.19. The minimum atomic E-state index is -1.11. The average molecular weight is 531 g/mol. The number of hydrogen-bond donors (Lipinski definition) is 2. The molecule has 2 bridgehead atoms. The van der Waals surface area contributed by atoms with Crippen LogP contribution < -0.4 is 0 Å². The molecule has 0 aromatic carbocycles. The molecule has 2 aliphatic carbocycles. The SMILES string of the molecule is CC1=C[C@H]2O[C@@H]3[C@H](O)[C@H]4OC(=O)/C=C\C=C\[C@H]([C@@H](C)O)OCC/C(C)=C/C(=O)OC[C@@]2(CC1)[C@]4(C)[C@]31CO1. The van der Waals surface area contributed by atoms with E-state index in [1.165, 1.54) is 18.2 Å². The Hall–Kier alpha value is -2.30. The van der Waals surface area contributed by atoms with E-state index >= 15 is 0 Å². The van der Waals surface area contributed by atoms with Gasteiger partial charge in [0.25, 0.3) is 0 Å². The van der Waals surface area contributed by atoms with E-state index in [2.05, 4.69) is 0 Å². The van der Waals surface area contributed by atoms with E-state index in [1.807, 2.05) is 26.8 Å². The molecule has 1 saturated carbocycles. The molecule has 9 atom stereocenters. The second kappa shape index (κ2) is 10.0. The van der Waals surface area contributed by atoms with Crippen LogP contribution in [0, 0.1) is 10.8 Å². The monoisotopic (exact) mass is 530 g/mol. The zero-order valence-corrected chi connectivity index (χ0v) is 22.4. The molecule has 3 aliphatic heterocycles. The van der Waals surface area contributed by atoms with E-state index in [4.69, 9.17) is 23.7 Å². The third-order valence-corrected chi connectivity index (χ3v) is 9.26. The van der Waals surface area contributed by atoms with Gasteiger partial charge in [-0.3, -0.25) is 0 Å². The van der Waals surface area contributed by atoms with Crippen molar-refractivity contribution in [3.8, 4) is 0 Å². The quantitative estimate of drug-likeness (QED) is 0.299. The Morgan fingerprint density at radius 2 is 1.82 bits per heavy atom. The van der Waals surface area contributed by atoms with Gasteiger partial charge in [0.15, 0.2) is 0 Å². The number of rotatable bonds is 1. The zero-order valence-electron chi connectivity index (χ0n) is 22.4. The normalized spacial score (nSPS) is 47.3. The Labute approximate surface area is 223 Å². The molecular formula is C29H38O9. The van der Waals surface area contributed by atoms with Crippen LogP contribution in [0.3, 0.4) is 0 Å². The number of carbonyl (C=O) groups is 2. The van der Waals surface area contributed by atoms with Gasteiger partial charge in [0, 0.05) is 17.6 Å². The van der Waals surface area contributed by atoms with Crippen molar-refractivity contribution in [1.29, 1.82) is 0 Å². The van der Waals surface area contributed by atoms with E-state index in [9.17, 15) is 19.8 Å². The van der Waals surface area contributed by atoms with Crippen LogP contribution >= 0.6 is 0 Å². The van der Waals surface area contributed by atoms with Crippen LogP contribution in [0.25, 0.3) is 0 Å². The number of carbonyl (C=O) groups excluding carboxylic acids is 2. The van der Waals surface area contributed by atoms with E-state index in [0.717, 1.165) is 17.6 Å². The summed E-state index contributed by atoms with van der Waals surface area (Å²) in [4.78, 5) is 25.9. The second-order valence-corrected chi connectivity index (χ2v) is 11.5. The molecule has 9 nitrogen and oxygen atoms in total. The summed E-state index contributed by atoms with van der Waals surface area (Å²) in [7, 11) is 0. The highest BCUT2D eigenvalue weighted by Gasteiger charge is 2.85. The van der Waals surface area contributed by atoms with Crippen LogP contribution in [-0.4, -0.2) is 84.2 Å². The molecule has 0 aromatic heterocycles. The first kappa shape index (κ1) is 27.3. The summed E-state index contributed by atoms with van der Waals surface area (Å²) in [6, 6.07) is 0. The summed E-state index contributed by atoms with van der Waals surface area (Å²) in [5.41, 5.74) is -0.543. The van der Waals surface area contributed by atoms with Crippen LogP contribution in [0.1, 0.15) is 47.0 Å². The molecule has 0 amide bonds. The molecule has 208 valence electrons. The lowest BCUT2D eigenvalue weighted by Gasteiger charge is -2.58. The van der Waals surface area contributed by atoms with Gasteiger partial charge in [0.2, 0.25) is 0 Å². The van der Waals surface area contributed by atoms with Gasteiger partial charge in [-0.2, -0.15) is 0 Å². The lowest BCUT2D eigenvalue weighted by Crippen LogP contribution is -2.66. The van der Waals surface area contributed by atoms with Crippen LogP contribution in [0.4, 0.5) is 0 Å². The van der Waals surface area contributed by atoms with Crippen LogP contribution in [0.15, 0.2) is 47.6 Å². The highest BCUT2D eigenvalue weighted by atomic mass is 16.7. The van der Waals surface area contributed by atoms with Crippen molar-refractivity contribution in [3.63, 3.8) is 0 Å². The predicted molar refractivity (Wildman–Crippen MR) is 136 cm³/mol. The zero-order chi connectivity index (χ0) is 27.3. The fraction of sp³-hybridized carbons (Fsp3) is 0.655. The molecule has 3 fully saturated rings. The first-order valence-corrected chi connectivity index (χ1v) is 13.4. The molecule has 0 aromatic rings. The van der Waals surface area contributed by atoms with Gasteiger partial charge in [0.05, 0.1) is 30.8 Å². The van der Waals surface area contributed by atoms with Gasteiger partial charge in [0.1, 0.15) is 36.6 Å². The molecule has 2 saturated heterocycles. The third kappa shape index (κ3) is 4.29. The highest BCUT2D eigenvalue weighted by molar-refractivity contribution is 5.83. The van der Waals surface area contributed by atoms with E-state index in [0.29, 0.717) is 26.1 Å². The summed E-state index contributed by atoms with van der Waals surface area (Å²) in [6.07, 6.45) is 6.92. The van der Waals surface area contributed by atoms with Gasteiger partial charge in [-0.25, -0.2) is 9.59 Å². The topological polar surface area (TPSA) is 124 Å². The molecule has 38 heavy (non-hydrogen) atoms. The van der Waals surface area contributed by atoms with Crippen molar-refractivity contribution in [2.75, 3.05) is 19.8 Å². The number of allylic oxidation sites excluding steroid dienone is 3. The fourth-order valence-electron chi connectivity index (χ4n) is 6.89. The van der Waals surface area contributed by atoms with E-state index in [1.54, 1.807) is 19.1 Å².